The lowest BCUT2D eigenvalue weighted by molar-refractivity contribution is -0.138. The van der Waals surface area contributed by atoms with Gasteiger partial charge in [0.2, 0.25) is 0 Å². The van der Waals surface area contributed by atoms with Crippen molar-refractivity contribution in [1.82, 2.24) is 0 Å². The Morgan fingerprint density at radius 3 is 1.56 bits per heavy atom. The molecular weight excluding hydrogens is 730 g/mol. The zero-order valence-electron chi connectivity index (χ0n) is 32.3. The second kappa shape index (κ2) is 23.0. The Morgan fingerprint density at radius 2 is 1.07 bits per heavy atom. The molecule has 0 aliphatic heterocycles. The van der Waals surface area contributed by atoms with E-state index in [4.69, 9.17) is 9.57 Å². The van der Waals surface area contributed by atoms with Crippen LogP contribution in [0, 0.1) is 0 Å². The Kier molecular flexibility index (Phi) is 19.8. The number of carbonyl (C=O) groups excluding carboxylic acids is 1. The minimum Gasteiger partial charge on any atom is -0.497 e. The lowest BCUT2D eigenvalue weighted by Gasteiger charge is -2.12. The smallest absolute Gasteiger partial charge is 0.417 e. The van der Waals surface area contributed by atoms with E-state index >= 15 is 0 Å². The number of rotatable bonds is 9. The Bertz CT molecular complexity index is 1870. The van der Waals surface area contributed by atoms with Gasteiger partial charge in [-0.05, 0) is 75.7 Å². The molecule has 0 bridgehead atoms. The van der Waals surface area contributed by atoms with Crippen LogP contribution in [0.4, 0.5) is 32.0 Å². The van der Waals surface area contributed by atoms with Gasteiger partial charge in [0, 0.05) is 36.5 Å². The van der Waals surface area contributed by atoms with Crippen molar-refractivity contribution in [3.63, 3.8) is 0 Å². The van der Waals surface area contributed by atoms with Crippen LogP contribution < -0.4 is 9.64 Å². The molecule has 298 valence electrons. The third-order valence-corrected chi connectivity index (χ3v) is 7.19. The summed E-state index contributed by atoms with van der Waals surface area (Å²) in [4.78, 5) is 26.7. The van der Waals surface area contributed by atoms with Gasteiger partial charge in [0.1, 0.15) is 27.1 Å². The molecule has 0 aliphatic rings. The standard InChI is InChI=1S/C11H16N2O.C10H10F3NO.C10H13NO2.C9H7F3O/c1-9(12-14-4)10-5-7-11(8-6-10)13(2)3;1-7(14-15-2)8-5-3-4-6-9(8)10(11,12)13;1-8(11-13-3)9-5-4-6-10(7-9)12-2;1-6(13)7-3-2-4-8(5-7)9(10,11)12/h5-8H,1-4H3;3-6H,1-2H3;4-7H,1-3H3;2-5H,1H3. The summed E-state index contributed by atoms with van der Waals surface area (Å²) in [5.74, 6) is 0.453. The van der Waals surface area contributed by atoms with E-state index in [-0.39, 0.29) is 22.6 Å². The van der Waals surface area contributed by atoms with Crippen molar-refractivity contribution in [3.8, 4) is 5.75 Å². The Labute approximate surface area is 317 Å². The molecule has 4 aromatic carbocycles. The van der Waals surface area contributed by atoms with E-state index < -0.39 is 23.5 Å². The van der Waals surface area contributed by atoms with Gasteiger partial charge in [-0.3, -0.25) is 4.79 Å². The van der Waals surface area contributed by atoms with Crippen molar-refractivity contribution in [2.75, 3.05) is 47.4 Å². The number of hydrogen-bond acceptors (Lipinski definition) is 9. The van der Waals surface area contributed by atoms with Gasteiger partial charge >= 0.3 is 12.4 Å². The Hall–Kier alpha value is -5.86. The van der Waals surface area contributed by atoms with Crippen molar-refractivity contribution < 1.29 is 50.4 Å². The number of oxime groups is 3. The molecule has 55 heavy (non-hydrogen) atoms. The van der Waals surface area contributed by atoms with Crippen LogP contribution in [0.1, 0.15) is 65.9 Å². The third-order valence-electron chi connectivity index (χ3n) is 7.19. The Morgan fingerprint density at radius 1 is 0.564 bits per heavy atom. The third kappa shape index (κ3) is 16.8. The number of methoxy groups -OCH3 is 1. The molecule has 0 saturated carbocycles. The predicted octanol–water partition coefficient (Wildman–Crippen LogP) is 10.2. The predicted molar refractivity (Wildman–Crippen MR) is 204 cm³/mol. The highest BCUT2D eigenvalue weighted by molar-refractivity contribution is 6.00. The fraction of sp³-hybridized carbons (Fsp3) is 0.300. The SMILES string of the molecule is CC(=O)c1cccc(C(F)(F)F)c1.CON=C(C)c1ccc(N(C)C)cc1.CON=C(C)c1cccc(OC)c1.CON=C(C)c1ccccc1C(F)(F)F. The average Bonchev–Trinajstić information content (AvgIpc) is 3.15. The van der Waals surface area contributed by atoms with Crippen LogP contribution in [-0.2, 0) is 26.9 Å². The zero-order chi connectivity index (χ0) is 41.8. The lowest BCUT2D eigenvalue weighted by Crippen LogP contribution is -2.11. The van der Waals surface area contributed by atoms with Crippen molar-refractivity contribution in [1.29, 1.82) is 0 Å². The normalized spacial score (nSPS) is 11.7. The summed E-state index contributed by atoms with van der Waals surface area (Å²) in [5.41, 5.74) is 3.80. The van der Waals surface area contributed by atoms with Crippen molar-refractivity contribution in [3.05, 3.63) is 130 Å². The molecule has 0 spiro atoms. The summed E-state index contributed by atoms with van der Waals surface area (Å²) in [7, 11) is 10.1. The molecule has 0 amide bonds. The lowest BCUT2D eigenvalue weighted by atomic mass is 10.0. The summed E-state index contributed by atoms with van der Waals surface area (Å²) in [6.45, 7) is 6.51. The number of ketones is 1. The number of hydrogen-bond donors (Lipinski definition) is 0. The first-order valence-corrected chi connectivity index (χ1v) is 16.3. The first-order valence-electron chi connectivity index (χ1n) is 16.3. The molecule has 0 atom stereocenters. The summed E-state index contributed by atoms with van der Waals surface area (Å²) < 4.78 is 79.1. The van der Waals surface area contributed by atoms with Crippen LogP contribution in [0.3, 0.4) is 0 Å². The second-order valence-electron chi connectivity index (χ2n) is 11.4. The van der Waals surface area contributed by atoms with Gasteiger partial charge in [-0.15, -0.1) is 0 Å². The fourth-order valence-electron chi connectivity index (χ4n) is 4.37. The molecule has 15 heteroatoms. The highest BCUT2D eigenvalue weighted by atomic mass is 19.4. The van der Waals surface area contributed by atoms with Gasteiger partial charge in [0.15, 0.2) is 5.78 Å². The van der Waals surface area contributed by atoms with E-state index in [0.717, 1.165) is 46.5 Å². The van der Waals surface area contributed by atoms with Crippen LogP contribution >= 0.6 is 0 Å². The van der Waals surface area contributed by atoms with Crippen LogP contribution in [0.15, 0.2) is 113 Å². The van der Waals surface area contributed by atoms with Crippen LogP contribution in [0.25, 0.3) is 0 Å². The topological polar surface area (TPSA) is 94.3 Å². The van der Waals surface area contributed by atoms with Crippen molar-refractivity contribution in [2.24, 2.45) is 15.5 Å². The number of Topliss-reactive ketones (excluding diaryl/α,β-unsaturated/α-hetero) is 1. The quantitative estimate of drug-likeness (QED) is 0.0727. The largest absolute Gasteiger partial charge is 0.497 e. The van der Waals surface area contributed by atoms with Gasteiger partial charge in [-0.1, -0.05) is 70.1 Å². The van der Waals surface area contributed by atoms with Gasteiger partial charge in [-0.2, -0.15) is 26.3 Å². The van der Waals surface area contributed by atoms with E-state index in [1.807, 2.05) is 64.3 Å². The molecule has 4 rings (SSSR count). The maximum Gasteiger partial charge on any atom is 0.417 e. The first kappa shape index (κ1) is 47.2. The van der Waals surface area contributed by atoms with E-state index in [9.17, 15) is 31.1 Å². The Balaban J connectivity index is 0.000000367. The number of anilines is 1. The number of alkyl halides is 6. The fourth-order valence-corrected chi connectivity index (χ4v) is 4.37. The van der Waals surface area contributed by atoms with Crippen LogP contribution in [0.2, 0.25) is 0 Å². The second-order valence-corrected chi connectivity index (χ2v) is 11.4. The van der Waals surface area contributed by atoms with Gasteiger partial charge < -0.3 is 24.1 Å². The molecule has 0 aliphatic carbocycles. The van der Waals surface area contributed by atoms with Crippen LogP contribution in [-0.4, -0.2) is 65.5 Å². The van der Waals surface area contributed by atoms with Gasteiger partial charge in [0.05, 0.1) is 35.4 Å². The van der Waals surface area contributed by atoms with E-state index in [0.29, 0.717) is 0 Å². The minimum atomic E-state index is -4.38. The van der Waals surface area contributed by atoms with E-state index in [1.54, 1.807) is 14.2 Å². The van der Waals surface area contributed by atoms with Gasteiger partial charge in [0.25, 0.3) is 0 Å². The van der Waals surface area contributed by atoms with Crippen molar-refractivity contribution >= 4 is 28.6 Å². The number of benzene rings is 4. The van der Waals surface area contributed by atoms with E-state index in [2.05, 4.69) is 42.2 Å². The van der Waals surface area contributed by atoms with Gasteiger partial charge in [-0.25, -0.2) is 0 Å². The average molecular weight is 777 g/mol. The summed E-state index contributed by atoms with van der Waals surface area (Å²) in [6.07, 6.45) is -8.76. The minimum absolute atomic E-state index is 0.0341. The molecule has 0 unspecified atom stereocenters. The zero-order valence-corrected chi connectivity index (χ0v) is 32.3. The number of carbonyl (C=O) groups is 1. The number of nitrogens with zero attached hydrogens (tertiary/aromatic N) is 4. The number of halogens is 6. The maximum absolute atomic E-state index is 12.6. The molecule has 0 aromatic heterocycles. The molecule has 0 radical (unpaired) electrons. The van der Waals surface area contributed by atoms with Crippen molar-refractivity contribution in [2.45, 2.75) is 40.0 Å². The molecule has 0 fully saturated rings. The summed E-state index contributed by atoms with van der Waals surface area (Å²) in [5, 5.41) is 11.2. The highest BCUT2D eigenvalue weighted by Crippen LogP contribution is 2.32. The number of ether oxygens (including phenoxy) is 1. The highest BCUT2D eigenvalue weighted by Gasteiger charge is 2.33. The molecule has 9 nitrogen and oxygen atoms in total. The molecule has 0 saturated heterocycles. The molecule has 4 aromatic rings. The molecular formula is C40H46F6N4O5. The first-order chi connectivity index (χ1) is 25.8. The summed E-state index contributed by atoms with van der Waals surface area (Å²) in [6, 6.07) is 25.5. The maximum atomic E-state index is 12.6. The molecule has 0 heterocycles. The van der Waals surface area contributed by atoms with Crippen LogP contribution in [0.5, 0.6) is 5.75 Å². The summed E-state index contributed by atoms with van der Waals surface area (Å²) >= 11 is 0. The molecule has 0 N–H and O–H groups in total. The monoisotopic (exact) mass is 776 g/mol. The van der Waals surface area contributed by atoms with E-state index in [1.165, 1.54) is 64.1 Å².